The molecule has 7 heteroatoms. The molecular formula is C14H16Cl2N2O3. The second kappa shape index (κ2) is 6.54. The summed E-state index contributed by atoms with van der Waals surface area (Å²) in [4.78, 5) is 22.7. The zero-order chi connectivity index (χ0) is 15.5. The van der Waals surface area contributed by atoms with Crippen molar-refractivity contribution in [2.45, 2.75) is 25.7 Å². The fraction of sp³-hybridized carbons (Fsp3) is 0.429. The van der Waals surface area contributed by atoms with E-state index in [1.54, 1.807) is 18.2 Å². The summed E-state index contributed by atoms with van der Waals surface area (Å²) in [6, 6.07) is 4.41. The number of nitrogens with one attached hydrogen (secondary N) is 2. The van der Waals surface area contributed by atoms with E-state index in [9.17, 15) is 9.59 Å². The van der Waals surface area contributed by atoms with Crippen molar-refractivity contribution in [1.29, 1.82) is 0 Å². The number of anilines is 1. The van der Waals surface area contributed by atoms with Crippen LogP contribution in [0.4, 0.5) is 10.5 Å². The van der Waals surface area contributed by atoms with E-state index in [4.69, 9.17) is 28.3 Å². The molecule has 21 heavy (non-hydrogen) atoms. The molecule has 0 atom stereocenters. The van der Waals surface area contributed by atoms with Gasteiger partial charge in [-0.05, 0) is 36.5 Å². The van der Waals surface area contributed by atoms with Crippen LogP contribution in [0.15, 0.2) is 18.2 Å². The van der Waals surface area contributed by atoms with Crippen LogP contribution in [0.25, 0.3) is 0 Å². The van der Waals surface area contributed by atoms with Gasteiger partial charge in [0.05, 0.1) is 16.5 Å². The van der Waals surface area contributed by atoms with E-state index in [0.29, 0.717) is 22.3 Å². The second-order valence-electron chi connectivity index (χ2n) is 5.36. The Morgan fingerprint density at radius 2 is 1.95 bits per heavy atom. The number of urea groups is 1. The molecule has 3 N–H and O–H groups in total. The highest BCUT2D eigenvalue weighted by atomic mass is 35.5. The highest BCUT2D eigenvalue weighted by molar-refractivity contribution is 6.42. The number of amides is 2. The van der Waals surface area contributed by atoms with Gasteiger partial charge in [0, 0.05) is 12.2 Å². The van der Waals surface area contributed by atoms with Crippen LogP contribution in [0, 0.1) is 5.41 Å². The van der Waals surface area contributed by atoms with Crippen LogP contribution in [0.2, 0.25) is 10.0 Å². The minimum Gasteiger partial charge on any atom is -0.481 e. The number of hydrogen-bond acceptors (Lipinski definition) is 2. The van der Waals surface area contributed by atoms with Crippen LogP contribution >= 0.6 is 23.2 Å². The number of halogens is 2. The molecule has 0 aromatic heterocycles. The first-order valence-electron chi connectivity index (χ1n) is 6.62. The summed E-state index contributed by atoms with van der Waals surface area (Å²) in [7, 11) is 0. The predicted octanol–water partition coefficient (Wildman–Crippen LogP) is 3.76. The molecule has 2 rings (SSSR count). The van der Waals surface area contributed by atoms with Crippen molar-refractivity contribution < 1.29 is 14.7 Å². The summed E-state index contributed by atoms with van der Waals surface area (Å²) in [5.74, 6) is -0.832. The number of aliphatic carboxylic acids is 1. The molecule has 1 saturated carbocycles. The smallest absolute Gasteiger partial charge is 0.319 e. The molecule has 114 valence electrons. The lowest BCUT2D eigenvalue weighted by Crippen LogP contribution is -2.44. The molecule has 0 unspecified atom stereocenters. The van der Waals surface area contributed by atoms with Crippen molar-refractivity contribution in [3.63, 3.8) is 0 Å². The van der Waals surface area contributed by atoms with Crippen molar-refractivity contribution >= 4 is 40.9 Å². The standard InChI is InChI=1S/C14H16Cl2N2O3/c15-10-3-2-9(6-11(10)16)18-13(21)17-8-14(4-1-5-14)7-12(19)20/h2-3,6H,1,4-5,7-8H2,(H,19,20)(H2,17,18,21). The van der Waals surface area contributed by atoms with E-state index in [-0.39, 0.29) is 17.9 Å². The Morgan fingerprint density at radius 1 is 1.24 bits per heavy atom. The molecule has 2 amide bonds. The van der Waals surface area contributed by atoms with Crippen molar-refractivity contribution in [3.8, 4) is 0 Å². The lowest BCUT2D eigenvalue weighted by molar-refractivity contribution is -0.141. The van der Waals surface area contributed by atoms with Gasteiger partial charge in [0.25, 0.3) is 0 Å². The van der Waals surface area contributed by atoms with Crippen LogP contribution in [-0.4, -0.2) is 23.7 Å². The average Bonchev–Trinajstić information content (AvgIpc) is 2.36. The van der Waals surface area contributed by atoms with Crippen molar-refractivity contribution in [2.24, 2.45) is 5.41 Å². The van der Waals surface area contributed by atoms with Crippen molar-refractivity contribution in [3.05, 3.63) is 28.2 Å². The molecule has 1 aromatic carbocycles. The van der Waals surface area contributed by atoms with Gasteiger partial charge >= 0.3 is 12.0 Å². The number of carboxylic acid groups (broad SMARTS) is 1. The van der Waals surface area contributed by atoms with Gasteiger partial charge in [-0.2, -0.15) is 0 Å². The molecule has 1 aliphatic rings. The third-order valence-electron chi connectivity index (χ3n) is 3.74. The number of rotatable bonds is 5. The molecular weight excluding hydrogens is 315 g/mol. The maximum absolute atomic E-state index is 11.8. The summed E-state index contributed by atoms with van der Waals surface area (Å²) in [5.41, 5.74) is 0.226. The topological polar surface area (TPSA) is 78.4 Å². The van der Waals surface area contributed by atoms with Gasteiger partial charge in [0.15, 0.2) is 0 Å². The largest absolute Gasteiger partial charge is 0.481 e. The Bertz CT molecular complexity index is 559. The fourth-order valence-electron chi connectivity index (χ4n) is 2.43. The van der Waals surface area contributed by atoms with Crippen LogP contribution < -0.4 is 10.6 Å². The molecule has 0 saturated heterocycles. The van der Waals surface area contributed by atoms with Gasteiger partial charge in [-0.1, -0.05) is 29.6 Å². The molecule has 5 nitrogen and oxygen atoms in total. The van der Waals surface area contributed by atoms with Gasteiger partial charge in [-0.3, -0.25) is 4.79 Å². The van der Waals surface area contributed by atoms with E-state index in [1.807, 2.05) is 0 Å². The molecule has 0 spiro atoms. The highest BCUT2D eigenvalue weighted by Crippen LogP contribution is 2.43. The summed E-state index contributed by atoms with van der Waals surface area (Å²) >= 11 is 11.7. The van der Waals surface area contributed by atoms with E-state index >= 15 is 0 Å². The lowest BCUT2D eigenvalue weighted by atomic mass is 9.66. The molecule has 0 radical (unpaired) electrons. The number of benzene rings is 1. The lowest BCUT2D eigenvalue weighted by Gasteiger charge is -2.40. The van der Waals surface area contributed by atoms with E-state index in [0.717, 1.165) is 19.3 Å². The van der Waals surface area contributed by atoms with Gasteiger partial charge in [-0.25, -0.2) is 4.79 Å². The second-order valence-corrected chi connectivity index (χ2v) is 6.18. The Balaban J connectivity index is 1.87. The van der Waals surface area contributed by atoms with Gasteiger partial charge in [0.1, 0.15) is 0 Å². The zero-order valence-corrected chi connectivity index (χ0v) is 12.8. The Labute approximate surface area is 132 Å². The summed E-state index contributed by atoms with van der Waals surface area (Å²) in [5, 5.41) is 15.1. The third kappa shape index (κ3) is 4.25. The van der Waals surface area contributed by atoms with E-state index in [2.05, 4.69) is 10.6 Å². The Morgan fingerprint density at radius 3 is 2.48 bits per heavy atom. The van der Waals surface area contributed by atoms with Crippen molar-refractivity contribution in [1.82, 2.24) is 5.32 Å². The van der Waals surface area contributed by atoms with Gasteiger partial charge < -0.3 is 15.7 Å². The summed E-state index contributed by atoms with van der Waals surface area (Å²) in [6.45, 7) is 0.354. The number of carbonyl (C=O) groups excluding carboxylic acids is 1. The quantitative estimate of drug-likeness (QED) is 0.769. The molecule has 1 fully saturated rings. The number of carboxylic acids is 1. The molecule has 0 bridgehead atoms. The normalized spacial score (nSPS) is 15.9. The fourth-order valence-corrected chi connectivity index (χ4v) is 2.73. The molecule has 1 aromatic rings. The molecule has 0 aliphatic heterocycles. The first-order chi connectivity index (χ1) is 9.90. The third-order valence-corrected chi connectivity index (χ3v) is 4.48. The van der Waals surface area contributed by atoms with Gasteiger partial charge in [-0.15, -0.1) is 0 Å². The number of carbonyl (C=O) groups is 2. The Hall–Kier alpha value is -1.46. The van der Waals surface area contributed by atoms with Crippen LogP contribution in [0.3, 0.4) is 0 Å². The van der Waals surface area contributed by atoms with Crippen LogP contribution in [-0.2, 0) is 4.79 Å². The molecule has 1 aliphatic carbocycles. The monoisotopic (exact) mass is 330 g/mol. The van der Waals surface area contributed by atoms with E-state index < -0.39 is 5.97 Å². The summed E-state index contributed by atoms with van der Waals surface area (Å²) < 4.78 is 0. The summed E-state index contributed by atoms with van der Waals surface area (Å²) in [6.07, 6.45) is 2.74. The maximum Gasteiger partial charge on any atom is 0.319 e. The highest BCUT2D eigenvalue weighted by Gasteiger charge is 2.39. The predicted molar refractivity (Wildman–Crippen MR) is 82.0 cm³/mol. The van der Waals surface area contributed by atoms with Crippen LogP contribution in [0.1, 0.15) is 25.7 Å². The first-order valence-corrected chi connectivity index (χ1v) is 7.38. The van der Waals surface area contributed by atoms with E-state index in [1.165, 1.54) is 0 Å². The Kier molecular flexibility index (Phi) is 4.96. The minimum absolute atomic E-state index is 0.0834. The molecule has 0 heterocycles. The SMILES string of the molecule is O=C(O)CC1(CNC(=O)Nc2ccc(Cl)c(Cl)c2)CCC1. The minimum atomic E-state index is -0.832. The first kappa shape index (κ1) is 15.9. The zero-order valence-electron chi connectivity index (χ0n) is 11.3. The average molecular weight is 331 g/mol. The van der Waals surface area contributed by atoms with Gasteiger partial charge in [0.2, 0.25) is 0 Å². The number of hydrogen-bond donors (Lipinski definition) is 3. The van der Waals surface area contributed by atoms with Crippen molar-refractivity contribution in [2.75, 3.05) is 11.9 Å². The maximum atomic E-state index is 11.8. The van der Waals surface area contributed by atoms with Crippen LogP contribution in [0.5, 0.6) is 0 Å².